The number of hydrogen-bond acceptors (Lipinski definition) is 6. The van der Waals surface area contributed by atoms with E-state index >= 15 is 0 Å². The molecule has 0 bridgehead atoms. The number of aromatic nitrogens is 2. The number of hydrogen-bond donors (Lipinski definition) is 2. The predicted octanol–water partition coefficient (Wildman–Crippen LogP) is 4.40. The molecule has 2 aromatic heterocycles. The fourth-order valence-corrected chi connectivity index (χ4v) is 4.18. The highest BCUT2D eigenvalue weighted by Gasteiger charge is 2.46. The number of nitrogens with one attached hydrogen (secondary N) is 1. The molecule has 3 heterocycles. The molecule has 0 spiro atoms. The Balaban J connectivity index is 1.93. The van der Waals surface area contributed by atoms with Crippen LogP contribution in [-0.2, 0) is 6.18 Å². The molecule has 0 aromatic carbocycles. The molecule has 1 aliphatic rings. The molecular formula is C24H27F5N6O. The zero-order valence-electron chi connectivity index (χ0n) is 20.0. The normalized spacial score (nSPS) is 20.6. The highest BCUT2D eigenvalue weighted by atomic mass is 19.4. The molecule has 1 aliphatic heterocycles. The molecule has 12 heteroatoms. The quantitative estimate of drug-likeness (QED) is 0.444. The summed E-state index contributed by atoms with van der Waals surface area (Å²) < 4.78 is 67.6. The zero-order chi connectivity index (χ0) is 26.7. The molecule has 0 radical (unpaired) electrons. The van der Waals surface area contributed by atoms with Gasteiger partial charge in [0.1, 0.15) is 11.5 Å². The summed E-state index contributed by atoms with van der Waals surface area (Å²) in [7, 11) is 1.52. The molecule has 3 rings (SSSR count). The van der Waals surface area contributed by atoms with Crippen LogP contribution in [0.5, 0.6) is 0 Å². The number of aryl methyl sites for hydroxylation is 1. The molecule has 2 atom stereocenters. The van der Waals surface area contributed by atoms with E-state index in [9.17, 15) is 26.7 Å². The van der Waals surface area contributed by atoms with Gasteiger partial charge in [-0.25, -0.2) is 18.7 Å². The number of carbonyl (C=O) groups excluding carboxylic acids is 1. The van der Waals surface area contributed by atoms with Crippen molar-refractivity contribution < 1.29 is 26.7 Å². The molecule has 7 nitrogen and oxygen atoms in total. The number of pyridine rings is 2. The first-order valence-electron chi connectivity index (χ1n) is 11.1. The topological polar surface area (TPSA) is 96.5 Å². The molecule has 1 amide bonds. The van der Waals surface area contributed by atoms with Crippen molar-refractivity contribution in [3.63, 3.8) is 0 Å². The Morgan fingerprint density at radius 1 is 1.31 bits per heavy atom. The van der Waals surface area contributed by atoms with Gasteiger partial charge in [-0.15, -0.1) is 0 Å². The molecule has 194 valence electrons. The fourth-order valence-electron chi connectivity index (χ4n) is 4.18. The number of aliphatic imine (C=N–C) groups is 1. The highest BCUT2D eigenvalue weighted by molar-refractivity contribution is 6.13. The van der Waals surface area contributed by atoms with Gasteiger partial charge in [0.2, 0.25) is 0 Å². The first-order chi connectivity index (χ1) is 16.9. The standard InChI is InChI=1S/C24H27F5N6O/c1-14-8-23(25,26)13-35(19(14)12-33-20-7-5-17(11-32-20)24(27,28)29)22(36)21-18(6-4-15(2)34-21)16(9-30)10-31-3/h4-7,9-11,14,19H,8,12-13,30H2,1-3H3,(H,32,33)/t14?,19-/m1/s1. The van der Waals surface area contributed by atoms with Crippen LogP contribution in [0.15, 0.2) is 41.7 Å². The Labute approximate surface area is 205 Å². The minimum Gasteiger partial charge on any atom is -0.404 e. The van der Waals surface area contributed by atoms with E-state index in [1.807, 2.05) is 0 Å². The van der Waals surface area contributed by atoms with Crippen molar-refractivity contribution in [2.45, 2.75) is 38.4 Å². The number of anilines is 1. The second kappa shape index (κ2) is 10.6. The number of alkyl halides is 5. The molecule has 1 fully saturated rings. The number of likely N-dealkylation sites (tertiary alicyclic amines) is 1. The summed E-state index contributed by atoms with van der Waals surface area (Å²) in [4.78, 5) is 26.7. The van der Waals surface area contributed by atoms with E-state index in [-0.39, 0.29) is 18.1 Å². The van der Waals surface area contributed by atoms with E-state index in [0.29, 0.717) is 23.0 Å². The third-order valence-electron chi connectivity index (χ3n) is 5.92. The number of nitrogens with two attached hydrogens (primary N) is 1. The van der Waals surface area contributed by atoms with E-state index in [2.05, 4.69) is 20.3 Å². The van der Waals surface area contributed by atoms with E-state index in [4.69, 9.17) is 5.73 Å². The minimum atomic E-state index is -4.53. The van der Waals surface area contributed by atoms with Crippen molar-refractivity contribution in [3.8, 4) is 0 Å². The third-order valence-corrected chi connectivity index (χ3v) is 5.92. The average Bonchev–Trinajstić information content (AvgIpc) is 2.80. The van der Waals surface area contributed by atoms with Crippen LogP contribution in [0, 0.1) is 12.8 Å². The van der Waals surface area contributed by atoms with Crippen molar-refractivity contribution in [1.29, 1.82) is 0 Å². The summed E-state index contributed by atoms with van der Waals surface area (Å²) in [5.74, 6) is -4.34. The van der Waals surface area contributed by atoms with Gasteiger partial charge >= 0.3 is 6.18 Å². The number of allylic oxidation sites excluding steroid dienone is 1. The number of halogens is 5. The molecule has 0 aliphatic carbocycles. The van der Waals surface area contributed by atoms with Gasteiger partial charge in [-0.3, -0.25) is 9.79 Å². The second-order valence-electron chi connectivity index (χ2n) is 8.71. The summed E-state index contributed by atoms with van der Waals surface area (Å²) in [5.41, 5.74) is 6.00. The Kier molecular flexibility index (Phi) is 7.95. The number of nitrogens with zero attached hydrogens (tertiary/aromatic N) is 4. The summed E-state index contributed by atoms with van der Waals surface area (Å²) in [6, 6.07) is 4.61. The van der Waals surface area contributed by atoms with Gasteiger partial charge in [0.25, 0.3) is 11.8 Å². The van der Waals surface area contributed by atoms with Gasteiger partial charge in [0.15, 0.2) is 0 Å². The van der Waals surface area contributed by atoms with Crippen LogP contribution in [0.1, 0.15) is 40.7 Å². The largest absolute Gasteiger partial charge is 0.417 e. The number of carbonyl (C=O) groups is 1. The number of piperidine rings is 1. The maximum Gasteiger partial charge on any atom is 0.417 e. The van der Waals surface area contributed by atoms with Crippen LogP contribution >= 0.6 is 0 Å². The monoisotopic (exact) mass is 510 g/mol. The van der Waals surface area contributed by atoms with E-state index in [1.54, 1.807) is 26.0 Å². The minimum absolute atomic E-state index is 0.00148. The van der Waals surface area contributed by atoms with E-state index in [0.717, 1.165) is 17.0 Å². The lowest BCUT2D eigenvalue weighted by molar-refractivity contribution is -0.137. The van der Waals surface area contributed by atoms with Crippen molar-refractivity contribution in [2.24, 2.45) is 16.6 Å². The van der Waals surface area contributed by atoms with Crippen molar-refractivity contribution in [3.05, 3.63) is 59.2 Å². The van der Waals surface area contributed by atoms with Crippen LogP contribution in [0.4, 0.5) is 27.8 Å². The van der Waals surface area contributed by atoms with Crippen LogP contribution < -0.4 is 11.1 Å². The first kappa shape index (κ1) is 27.0. The molecule has 3 N–H and O–H groups in total. The van der Waals surface area contributed by atoms with Crippen molar-refractivity contribution in [2.75, 3.05) is 25.5 Å². The third kappa shape index (κ3) is 6.16. The number of rotatable bonds is 6. The van der Waals surface area contributed by atoms with Gasteiger partial charge in [-0.05, 0) is 31.0 Å². The molecule has 2 aromatic rings. The Hall–Kier alpha value is -3.57. The zero-order valence-corrected chi connectivity index (χ0v) is 20.0. The number of amides is 1. The summed E-state index contributed by atoms with van der Waals surface area (Å²) in [5, 5.41) is 2.88. The van der Waals surface area contributed by atoms with E-state index in [1.165, 1.54) is 19.5 Å². The smallest absolute Gasteiger partial charge is 0.404 e. The van der Waals surface area contributed by atoms with Crippen LogP contribution in [-0.4, -0.2) is 59.1 Å². The van der Waals surface area contributed by atoms with Gasteiger partial charge in [-0.1, -0.05) is 13.0 Å². The molecule has 1 saturated heterocycles. The average molecular weight is 511 g/mol. The van der Waals surface area contributed by atoms with Gasteiger partial charge < -0.3 is 16.0 Å². The molecule has 0 saturated carbocycles. The summed E-state index contributed by atoms with van der Waals surface area (Å²) >= 11 is 0. The van der Waals surface area contributed by atoms with Crippen LogP contribution in [0.3, 0.4) is 0 Å². The first-order valence-corrected chi connectivity index (χ1v) is 11.1. The lowest BCUT2D eigenvalue weighted by Crippen LogP contribution is -2.57. The lowest BCUT2D eigenvalue weighted by Gasteiger charge is -2.43. The highest BCUT2D eigenvalue weighted by Crippen LogP contribution is 2.36. The van der Waals surface area contributed by atoms with Crippen LogP contribution in [0.25, 0.3) is 5.57 Å². The summed E-state index contributed by atoms with van der Waals surface area (Å²) in [6.45, 7) is 2.43. The Morgan fingerprint density at radius 3 is 2.61 bits per heavy atom. The molecule has 1 unspecified atom stereocenters. The molecule has 36 heavy (non-hydrogen) atoms. The van der Waals surface area contributed by atoms with Gasteiger partial charge in [0.05, 0.1) is 18.2 Å². The van der Waals surface area contributed by atoms with Crippen LogP contribution in [0.2, 0.25) is 0 Å². The maximum atomic E-state index is 14.6. The van der Waals surface area contributed by atoms with Gasteiger partial charge in [0, 0.05) is 55.5 Å². The van der Waals surface area contributed by atoms with Gasteiger partial charge in [-0.2, -0.15) is 13.2 Å². The Morgan fingerprint density at radius 2 is 2.03 bits per heavy atom. The lowest BCUT2D eigenvalue weighted by atomic mass is 9.87. The fraction of sp³-hybridized carbons (Fsp3) is 0.417. The summed E-state index contributed by atoms with van der Waals surface area (Å²) in [6.07, 6.45) is -1.61. The van der Waals surface area contributed by atoms with Crippen molar-refractivity contribution >= 4 is 23.5 Å². The predicted molar refractivity (Wildman–Crippen MR) is 127 cm³/mol. The second-order valence-corrected chi connectivity index (χ2v) is 8.71. The van der Waals surface area contributed by atoms with E-state index < -0.39 is 48.5 Å². The SMILES string of the molecule is CN=CC(=CN)c1ccc(C)nc1C(=O)N1CC(F)(F)CC(C)[C@H]1CNc1ccc(C(F)(F)F)cn1. The molecular weight excluding hydrogens is 483 g/mol. The van der Waals surface area contributed by atoms with Crippen molar-refractivity contribution in [1.82, 2.24) is 14.9 Å². The maximum absolute atomic E-state index is 14.6. The Bertz CT molecular complexity index is 1150.